The van der Waals surface area contributed by atoms with E-state index in [-0.39, 0.29) is 23.5 Å². The van der Waals surface area contributed by atoms with Gasteiger partial charge in [-0.2, -0.15) is 4.98 Å². The molecule has 1 fully saturated rings. The predicted molar refractivity (Wildman–Crippen MR) is 129 cm³/mol. The van der Waals surface area contributed by atoms with Crippen molar-refractivity contribution in [2.24, 2.45) is 0 Å². The van der Waals surface area contributed by atoms with Gasteiger partial charge in [-0.25, -0.2) is 9.78 Å². The fourth-order valence-electron chi connectivity index (χ4n) is 4.11. The lowest BCUT2D eigenvalue weighted by atomic mass is 9.91. The first-order chi connectivity index (χ1) is 15.9. The Kier molecular flexibility index (Phi) is 6.53. The Labute approximate surface area is 191 Å². The van der Waals surface area contributed by atoms with Gasteiger partial charge in [0.15, 0.2) is 0 Å². The van der Waals surface area contributed by atoms with Crippen LogP contribution in [0.15, 0.2) is 48.5 Å². The SMILES string of the molecule is CN(C)c1nc(N[C@H]2CC[C@@H](NC(=O)Nc3ccccc3[N+](=O)[O-])CC2)nc2ccccc12. The molecule has 33 heavy (non-hydrogen) atoms. The first-order valence-corrected chi connectivity index (χ1v) is 10.9. The van der Waals surface area contributed by atoms with Crippen molar-refractivity contribution in [3.05, 3.63) is 58.6 Å². The van der Waals surface area contributed by atoms with E-state index in [1.807, 2.05) is 43.3 Å². The van der Waals surface area contributed by atoms with Crippen LogP contribution in [0.25, 0.3) is 10.9 Å². The number of rotatable bonds is 6. The predicted octanol–water partition coefficient (Wildman–Crippen LogP) is 4.15. The number of nitrogens with zero attached hydrogens (tertiary/aromatic N) is 4. The zero-order chi connectivity index (χ0) is 23.4. The fraction of sp³-hybridized carbons (Fsp3) is 0.348. The van der Waals surface area contributed by atoms with E-state index in [9.17, 15) is 14.9 Å². The molecule has 1 heterocycles. The summed E-state index contributed by atoms with van der Waals surface area (Å²) in [7, 11) is 3.93. The van der Waals surface area contributed by atoms with E-state index >= 15 is 0 Å². The van der Waals surface area contributed by atoms with Crippen LogP contribution in [0.2, 0.25) is 0 Å². The number of benzene rings is 2. The summed E-state index contributed by atoms with van der Waals surface area (Å²) in [4.78, 5) is 34.3. The molecule has 0 aliphatic heterocycles. The summed E-state index contributed by atoms with van der Waals surface area (Å²) in [5.74, 6) is 1.47. The quantitative estimate of drug-likeness (QED) is 0.381. The van der Waals surface area contributed by atoms with Crippen LogP contribution in [0, 0.1) is 10.1 Å². The minimum atomic E-state index is -0.511. The maximum atomic E-state index is 12.4. The standard InChI is InChI=1S/C23H27N7O3/c1-29(2)21-17-7-3-4-8-18(17)26-22(28-21)24-15-11-13-16(14-12-15)25-23(31)27-19-9-5-6-10-20(19)30(32)33/h3-10,15-16H,11-14H2,1-2H3,(H,24,26,28)(H2,25,27,31)/t15-,16+. The number of nitro benzene ring substituents is 1. The number of carbonyl (C=O) groups is 1. The normalized spacial score (nSPS) is 17.9. The highest BCUT2D eigenvalue weighted by molar-refractivity contribution is 5.92. The van der Waals surface area contributed by atoms with Gasteiger partial charge in [-0.15, -0.1) is 0 Å². The Morgan fingerprint density at radius 1 is 1.00 bits per heavy atom. The van der Waals surface area contributed by atoms with Gasteiger partial charge < -0.3 is 20.9 Å². The van der Waals surface area contributed by atoms with Crippen LogP contribution >= 0.6 is 0 Å². The molecule has 0 radical (unpaired) electrons. The maximum absolute atomic E-state index is 12.4. The first kappa shape index (κ1) is 22.3. The summed E-state index contributed by atoms with van der Waals surface area (Å²) in [5.41, 5.74) is 0.939. The van der Waals surface area contributed by atoms with Gasteiger partial charge in [-0.05, 0) is 43.9 Å². The van der Waals surface area contributed by atoms with Crippen LogP contribution in [0.3, 0.4) is 0 Å². The molecule has 1 aliphatic rings. The maximum Gasteiger partial charge on any atom is 0.319 e. The second kappa shape index (κ2) is 9.68. The van der Waals surface area contributed by atoms with E-state index in [1.54, 1.807) is 12.1 Å². The largest absolute Gasteiger partial charge is 0.362 e. The highest BCUT2D eigenvalue weighted by Gasteiger charge is 2.24. The van der Waals surface area contributed by atoms with E-state index in [0.29, 0.717) is 5.95 Å². The zero-order valence-electron chi connectivity index (χ0n) is 18.6. The van der Waals surface area contributed by atoms with Crippen molar-refractivity contribution in [3.63, 3.8) is 0 Å². The Hall–Kier alpha value is -3.95. The third-order valence-electron chi connectivity index (χ3n) is 5.75. The number of hydrogen-bond donors (Lipinski definition) is 3. The summed E-state index contributed by atoms with van der Waals surface area (Å²) in [6, 6.07) is 13.8. The Morgan fingerprint density at radius 3 is 2.39 bits per heavy atom. The number of hydrogen-bond acceptors (Lipinski definition) is 7. The molecule has 10 nitrogen and oxygen atoms in total. The molecule has 0 bridgehead atoms. The average molecular weight is 450 g/mol. The Bertz CT molecular complexity index is 1160. The second-order valence-electron chi connectivity index (χ2n) is 8.35. The molecule has 0 atom stereocenters. The second-order valence-corrected chi connectivity index (χ2v) is 8.35. The van der Waals surface area contributed by atoms with Gasteiger partial charge in [0.05, 0.1) is 10.4 Å². The van der Waals surface area contributed by atoms with Gasteiger partial charge in [0.1, 0.15) is 11.5 Å². The molecular weight excluding hydrogens is 422 g/mol. The van der Waals surface area contributed by atoms with Gasteiger partial charge >= 0.3 is 6.03 Å². The van der Waals surface area contributed by atoms with Gasteiger partial charge in [-0.1, -0.05) is 24.3 Å². The number of aromatic nitrogens is 2. The molecule has 3 N–H and O–H groups in total. The zero-order valence-corrected chi connectivity index (χ0v) is 18.6. The summed E-state index contributed by atoms with van der Waals surface area (Å²) >= 11 is 0. The molecule has 4 rings (SSSR count). The van der Waals surface area contributed by atoms with Crippen LogP contribution in [0.5, 0.6) is 0 Å². The lowest BCUT2D eigenvalue weighted by Crippen LogP contribution is -2.42. The lowest BCUT2D eigenvalue weighted by molar-refractivity contribution is -0.383. The molecule has 1 aliphatic carbocycles. The molecule has 0 saturated heterocycles. The summed E-state index contributed by atoms with van der Waals surface area (Å²) in [6.07, 6.45) is 3.28. The van der Waals surface area contributed by atoms with Crippen molar-refractivity contribution in [1.82, 2.24) is 15.3 Å². The van der Waals surface area contributed by atoms with E-state index in [4.69, 9.17) is 4.98 Å². The van der Waals surface area contributed by atoms with Crippen molar-refractivity contribution in [1.29, 1.82) is 0 Å². The molecule has 1 saturated carbocycles. The van der Waals surface area contributed by atoms with Crippen molar-refractivity contribution in [2.75, 3.05) is 29.6 Å². The van der Waals surface area contributed by atoms with Crippen molar-refractivity contribution in [3.8, 4) is 0 Å². The third-order valence-corrected chi connectivity index (χ3v) is 5.75. The number of fused-ring (bicyclic) bond motifs is 1. The number of amides is 2. The molecule has 2 amide bonds. The Morgan fingerprint density at radius 2 is 1.67 bits per heavy atom. The van der Waals surface area contributed by atoms with Crippen LogP contribution in [-0.4, -0.2) is 47.1 Å². The smallest absolute Gasteiger partial charge is 0.319 e. The van der Waals surface area contributed by atoms with Gasteiger partial charge in [0.2, 0.25) is 5.95 Å². The van der Waals surface area contributed by atoms with Crippen molar-refractivity contribution < 1.29 is 9.72 Å². The number of carbonyl (C=O) groups excluding carboxylic acids is 1. The van der Waals surface area contributed by atoms with Gasteiger partial charge in [-0.3, -0.25) is 10.1 Å². The Balaban J connectivity index is 1.33. The molecule has 172 valence electrons. The molecule has 1 aromatic heterocycles. The molecule has 0 spiro atoms. The third kappa shape index (κ3) is 5.28. The average Bonchev–Trinajstić information content (AvgIpc) is 2.80. The minimum Gasteiger partial charge on any atom is -0.362 e. The molecule has 3 aromatic rings. The molecule has 0 unspecified atom stereocenters. The molecule has 2 aromatic carbocycles. The topological polar surface area (TPSA) is 125 Å². The van der Waals surface area contributed by atoms with Crippen molar-refractivity contribution >= 4 is 40.1 Å². The van der Waals surface area contributed by atoms with Crippen LogP contribution in [-0.2, 0) is 0 Å². The van der Waals surface area contributed by atoms with E-state index in [0.717, 1.165) is 42.4 Å². The molecule has 10 heteroatoms. The number of para-hydroxylation sites is 3. The van der Waals surface area contributed by atoms with E-state index < -0.39 is 11.0 Å². The molecular formula is C23H27N7O3. The number of anilines is 3. The van der Waals surface area contributed by atoms with E-state index in [1.165, 1.54) is 12.1 Å². The highest BCUT2D eigenvalue weighted by Crippen LogP contribution is 2.27. The summed E-state index contributed by atoms with van der Waals surface area (Å²) in [5, 5.41) is 21.1. The first-order valence-electron chi connectivity index (χ1n) is 10.9. The summed E-state index contributed by atoms with van der Waals surface area (Å²) < 4.78 is 0. The number of nitro groups is 1. The van der Waals surface area contributed by atoms with E-state index in [2.05, 4.69) is 20.9 Å². The lowest BCUT2D eigenvalue weighted by Gasteiger charge is -2.30. The minimum absolute atomic E-state index is 0.000626. The van der Waals surface area contributed by atoms with Gasteiger partial charge in [0, 0.05) is 37.6 Å². The monoisotopic (exact) mass is 449 g/mol. The van der Waals surface area contributed by atoms with Gasteiger partial charge in [0.25, 0.3) is 5.69 Å². The fourth-order valence-corrected chi connectivity index (χ4v) is 4.11. The van der Waals surface area contributed by atoms with Crippen LogP contribution in [0.4, 0.5) is 27.9 Å². The van der Waals surface area contributed by atoms with Crippen LogP contribution in [0.1, 0.15) is 25.7 Å². The number of urea groups is 1. The highest BCUT2D eigenvalue weighted by atomic mass is 16.6. The summed E-state index contributed by atoms with van der Waals surface area (Å²) in [6.45, 7) is 0. The van der Waals surface area contributed by atoms with Crippen molar-refractivity contribution in [2.45, 2.75) is 37.8 Å². The number of nitrogens with one attached hydrogen (secondary N) is 3. The van der Waals surface area contributed by atoms with Crippen LogP contribution < -0.4 is 20.9 Å².